The summed E-state index contributed by atoms with van der Waals surface area (Å²) in [6.07, 6.45) is -0.870. The van der Waals surface area contributed by atoms with Crippen LogP contribution in [0.5, 0.6) is 5.75 Å². The number of nitrogens with zero attached hydrogens (tertiary/aromatic N) is 1. The Labute approximate surface area is 113 Å². The lowest BCUT2D eigenvalue weighted by atomic mass is 10.1. The molecule has 0 spiro atoms. The Kier molecular flexibility index (Phi) is 5.13. The van der Waals surface area contributed by atoms with Crippen LogP contribution in [0.4, 0.5) is 5.69 Å². The van der Waals surface area contributed by atoms with Gasteiger partial charge in [0.15, 0.2) is 0 Å². The van der Waals surface area contributed by atoms with Crippen LogP contribution in [0.2, 0.25) is 0 Å². The maximum atomic E-state index is 11.0. The maximum Gasteiger partial charge on any atom is 0.312 e. The number of nitro groups is 1. The van der Waals surface area contributed by atoms with Crippen LogP contribution in [0.25, 0.3) is 0 Å². The number of nitro benzene ring substituents is 1. The lowest BCUT2D eigenvalue weighted by molar-refractivity contribution is -0.386. The largest absolute Gasteiger partial charge is 0.473 e. The number of aliphatic hydroxyl groups excluding tert-OH is 1. The van der Waals surface area contributed by atoms with E-state index in [4.69, 9.17) is 4.74 Å². The minimum atomic E-state index is -0.870. The highest BCUT2D eigenvalue weighted by Crippen LogP contribution is 2.37. The van der Waals surface area contributed by atoms with E-state index in [9.17, 15) is 15.2 Å². The number of ether oxygens (including phenoxy) is 1. The summed E-state index contributed by atoms with van der Waals surface area (Å²) in [5.74, 6) is 5.34. The Hall–Kier alpha value is -1.58. The number of hydrogen-bond donors (Lipinski definition) is 1. The summed E-state index contributed by atoms with van der Waals surface area (Å²) in [4.78, 5) is 10.4. The summed E-state index contributed by atoms with van der Waals surface area (Å²) in [5, 5.41) is 20.6. The van der Waals surface area contributed by atoms with E-state index >= 15 is 0 Å². The molecular formula is C12H12BrNO4. The monoisotopic (exact) mass is 313 g/mol. The standard InChI is InChI=1S/C12H12BrNO4/c1-3-4-5-18-12-10(8(2)15)6-9(13)7-11(12)14(16)17/h6-8,15H,5H2,1-2H3/t8-/m0/s1. The van der Waals surface area contributed by atoms with Crippen molar-refractivity contribution < 1.29 is 14.8 Å². The van der Waals surface area contributed by atoms with Gasteiger partial charge in [0.05, 0.1) is 11.0 Å². The lowest BCUT2D eigenvalue weighted by Gasteiger charge is -2.12. The van der Waals surface area contributed by atoms with Crippen LogP contribution in [-0.4, -0.2) is 16.6 Å². The summed E-state index contributed by atoms with van der Waals surface area (Å²) < 4.78 is 5.80. The van der Waals surface area contributed by atoms with Crippen molar-refractivity contribution in [1.29, 1.82) is 0 Å². The molecule has 0 amide bonds. The molecule has 0 aromatic heterocycles. The van der Waals surface area contributed by atoms with Crippen LogP contribution in [0.1, 0.15) is 25.5 Å². The van der Waals surface area contributed by atoms with Crippen molar-refractivity contribution in [2.45, 2.75) is 20.0 Å². The molecule has 1 aromatic rings. The fourth-order valence-electron chi connectivity index (χ4n) is 1.38. The van der Waals surface area contributed by atoms with Crippen molar-refractivity contribution in [3.05, 3.63) is 32.3 Å². The van der Waals surface area contributed by atoms with Crippen LogP contribution in [0, 0.1) is 22.0 Å². The quantitative estimate of drug-likeness (QED) is 0.527. The predicted octanol–water partition coefficient (Wildman–Crippen LogP) is 2.81. The van der Waals surface area contributed by atoms with Crippen LogP contribution in [-0.2, 0) is 0 Å². The fourth-order valence-corrected chi connectivity index (χ4v) is 1.85. The SMILES string of the molecule is CC#CCOc1c([C@H](C)O)cc(Br)cc1[N+](=O)[O-]. The Bertz CT molecular complexity index is 517. The number of rotatable bonds is 4. The summed E-state index contributed by atoms with van der Waals surface area (Å²) in [6.45, 7) is 3.21. The second-order valence-electron chi connectivity index (χ2n) is 3.49. The molecule has 5 nitrogen and oxygen atoms in total. The molecule has 0 radical (unpaired) electrons. The van der Waals surface area contributed by atoms with Crippen molar-refractivity contribution >= 4 is 21.6 Å². The molecule has 0 heterocycles. The Balaban J connectivity index is 3.29. The molecule has 0 aliphatic rings. The average Bonchev–Trinajstić information content (AvgIpc) is 2.30. The van der Waals surface area contributed by atoms with Gasteiger partial charge in [-0.05, 0) is 19.9 Å². The minimum absolute atomic E-state index is 0.0404. The van der Waals surface area contributed by atoms with Gasteiger partial charge in [-0.15, -0.1) is 5.92 Å². The molecule has 1 atom stereocenters. The van der Waals surface area contributed by atoms with Gasteiger partial charge in [-0.25, -0.2) is 0 Å². The van der Waals surface area contributed by atoms with Crippen molar-refractivity contribution in [2.24, 2.45) is 0 Å². The third kappa shape index (κ3) is 3.45. The molecule has 96 valence electrons. The molecule has 0 aliphatic heterocycles. The van der Waals surface area contributed by atoms with Crippen LogP contribution in [0.3, 0.4) is 0 Å². The van der Waals surface area contributed by atoms with Gasteiger partial charge in [0, 0.05) is 16.1 Å². The molecule has 0 bridgehead atoms. The zero-order valence-electron chi connectivity index (χ0n) is 9.94. The minimum Gasteiger partial charge on any atom is -0.473 e. The molecule has 18 heavy (non-hydrogen) atoms. The highest BCUT2D eigenvalue weighted by Gasteiger charge is 2.23. The molecule has 0 unspecified atom stereocenters. The molecule has 0 fully saturated rings. The maximum absolute atomic E-state index is 11.0. The molecule has 0 aliphatic carbocycles. The van der Waals surface area contributed by atoms with E-state index in [1.165, 1.54) is 13.0 Å². The lowest BCUT2D eigenvalue weighted by Crippen LogP contribution is -2.04. The van der Waals surface area contributed by atoms with Gasteiger partial charge >= 0.3 is 5.69 Å². The highest BCUT2D eigenvalue weighted by molar-refractivity contribution is 9.10. The van der Waals surface area contributed by atoms with E-state index < -0.39 is 11.0 Å². The summed E-state index contributed by atoms with van der Waals surface area (Å²) >= 11 is 3.17. The van der Waals surface area contributed by atoms with Gasteiger partial charge < -0.3 is 9.84 Å². The Morgan fingerprint density at radius 3 is 2.78 bits per heavy atom. The third-order valence-corrected chi connectivity index (χ3v) is 2.63. The number of aliphatic hydroxyl groups is 1. The van der Waals surface area contributed by atoms with Gasteiger partial charge in [-0.1, -0.05) is 21.9 Å². The Morgan fingerprint density at radius 2 is 2.28 bits per heavy atom. The van der Waals surface area contributed by atoms with E-state index in [0.717, 1.165) is 0 Å². The van der Waals surface area contributed by atoms with E-state index in [1.54, 1.807) is 13.0 Å². The molecule has 0 saturated carbocycles. The number of halogens is 1. The highest BCUT2D eigenvalue weighted by atomic mass is 79.9. The zero-order chi connectivity index (χ0) is 13.7. The topological polar surface area (TPSA) is 72.6 Å². The number of benzene rings is 1. The molecular weight excluding hydrogens is 302 g/mol. The van der Waals surface area contributed by atoms with Gasteiger partial charge in [-0.2, -0.15) is 0 Å². The van der Waals surface area contributed by atoms with Crippen molar-refractivity contribution in [3.8, 4) is 17.6 Å². The van der Waals surface area contributed by atoms with Gasteiger partial charge in [0.2, 0.25) is 5.75 Å². The first kappa shape index (κ1) is 14.5. The first-order chi connectivity index (χ1) is 8.47. The van der Waals surface area contributed by atoms with Gasteiger partial charge in [-0.3, -0.25) is 10.1 Å². The third-order valence-electron chi connectivity index (χ3n) is 2.18. The molecule has 1 rings (SSSR count). The first-order valence-electron chi connectivity index (χ1n) is 5.15. The molecule has 1 aromatic carbocycles. The van der Waals surface area contributed by atoms with Crippen molar-refractivity contribution in [3.63, 3.8) is 0 Å². The molecule has 0 saturated heterocycles. The second kappa shape index (κ2) is 6.38. The summed E-state index contributed by atoms with van der Waals surface area (Å²) in [5.41, 5.74) is 0.159. The summed E-state index contributed by atoms with van der Waals surface area (Å²) in [6, 6.07) is 2.92. The van der Waals surface area contributed by atoms with Gasteiger partial charge in [0.25, 0.3) is 0 Å². The van der Waals surface area contributed by atoms with E-state index in [1.807, 2.05) is 0 Å². The fraction of sp³-hybridized carbons (Fsp3) is 0.333. The molecule has 6 heteroatoms. The second-order valence-corrected chi connectivity index (χ2v) is 4.41. The zero-order valence-corrected chi connectivity index (χ0v) is 11.5. The smallest absolute Gasteiger partial charge is 0.312 e. The van der Waals surface area contributed by atoms with Gasteiger partial charge in [0.1, 0.15) is 6.61 Å². The normalized spacial score (nSPS) is 11.3. The van der Waals surface area contributed by atoms with Crippen molar-refractivity contribution in [2.75, 3.05) is 6.61 Å². The van der Waals surface area contributed by atoms with E-state index in [2.05, 4.69) is 27.8 Å². The number of hydrogen-bond acceptors (Lipinski definition) is 4. The molecule has 1 N–H and O–H groups in total. The van der Waals surface area contributed by atoms with E-state index in [-0.39, 0.29) is 18.0 Å². The van der Waals surface area contributed by atoms with Crippen molar-refractivity contribution in [1.82, 2.24) is 0 Å². The predicted molar refractivity (Wildman–Crippen MR) is 70.4 cm³/mol. The average molecular weight is 314 g/mol. The van der Waals surface area contributed by atoms with Crippen LogP contribution < -0.4 is 4.74 Å². The van der Waals surface area contributed by atoms with Crippen LogP contribution in [0.15, 0.2) is 16.6 Å². The van der Waals surface area contributed by atoms with Crippen LogP contribution >= 0.6 is 15.9 Å². The first-order valence-corrected chi connectivity index (χ1v) is 5.95. The Morgan fingerprint density at radius 1 is 1.61 bits per heavy atom. The summed E-state index contributed by atoms with van der Waals surface area (Å²) in [7, 11) is 0. The van der Waals surface area contributed by atoms with E-state index in [0.29, 0.717) is 10.0 Å².